The molecular weight excluding hydrogens is 638 g/mol. The third kappa shape index (κ3) is 6.89. The molecule has 0 saturated heterocycles. The summed E-state index contributed by atoms with van der Waals surface area (Å²) in [4.78, 5) is 14.3. The molecule has 0 fully saturated rings. The number of hydrogen-bond donors (Lipinski definition) is 1. The van der Waals surface area contributed by atoms with Crippen molar-refractivity contribution in [3.05, 3.63) is 86.5 Å². The summed E-state index contributed by atoms with van der Waals surface area (Å²) >= 11 is 10.3. The molecule has 0 unspecified atom stereocenters. The van der Waals surface area contributed by atoms with Crippen LogP contribution in [0, 0.1) is 0 Å². The summed E-state index contributed by atoms with van der Waals surface area (Å²) in [5, 5.41) is 10.7. The lowest BCUT2D eigenvalue weighted by molar-refractivity contribution is 0.0589. The van der Waals surface area contributed by atoms with Gasteiger partial charge in [-0.3, -0.25) is 10.1 Å². The maximum atomic E-state index is 13.1. The fourth-order valence-corrected chi connectivity index (χ4v) is 7.94. The number of ether oxygens (including phenoxy) is 2. The number of benzene rings is 2. The number of nitrogens with one attached hydrogen (secondary N) is 1. The zero-order chi connectivity index (χ0) is 32.2. The number of carbonyl (C=O) groups excluding carboxylic acids is 1. The van der Waals surface area contributed by atoms with E-state index in [0.717, 1.165) is 81.3 Å². The Balaban J connectivity index is 1.36. The molecule has 6 rings (SSSR count). The number of nitrogens with zero attached hydrogens (tertiary/aromatic N) is 4. The van der Waals surface area contributed by atoms with Crippen LogP contribution in [-0.4, -0.2) is 46.0 Å². The number of fused-ring (bicyclic) bond motifs is 6. The van der Waals surface area contributed by atoms with E-state index >= 15 is 0 Å². The molecule has 1 aliphatic heterocycles. The van der Waals surface area contributed by atoms with Crippen molar-refractivity contribution in [2.75, 3.05) is 19.5 Å². The first kappa shape index (κ1) is 32.3. The van der Waals surface area contributed by atoms with E-state index in [-0.39, 0.29) is 5.97 Å². The van der Waals surface area contributed by atoms with Gasteiger partial charge in [0.2, 0.25) is 0 Å². The minimum atomic E-state index is -0.376. The van der Waals surface area contributed by atoms with E-state index in [2.05, 4.69) is 40.9 Å². The number of aryl methyl sites for hydroxylation is 4. The molecule has 11 heteroatoms. The Kier molecular flexibility index (Phi) is 10.2. The number of carbonyl (C=O) groups is 1. The lowest BCUT2D eigenvalue weighted by atomic mass is 9.96. The average Bonchev–Trinajstić information content (AvgIpc) is 3.55. The number of esters is 1. The Morgan fingerprint density at radius 2 is 2.00 bits per heavy atom. The summed E-state index contributed by atoms with van der Waals surface area (Å²) in [6.07, 6.45) is 11.6. The van der Waals surface area contributed by atoms with E-state index in [1.807, 2.05) is 66.5 Å². The standard InChI is InChI=1S/C35H38ClN5O3S2/c1-22-16-30-31(36)12-11-29-28(34(35(42)43-4)40(2)33(29)30)10-7-14-44-32-19-26(17-23-8-5-6-9-27(23)32)46-21-25-18-24(39-41(25)3)20-45-15-13-37-38-22/h6,9,11-13,16-19,38H,5,7-8,10,14-15,20-21H2,1-4H3/b22-16+,37-13+. The quantitative estimate of drug-likeness (QED) is 0.206. The summed E-state index contributed by atoms with van der Waals surface area (Å²) in [6, 6.07) is 10.5. The molecular formula is C35H38ClN5O3S2. The van der Waals surface area contributed by atoms with Crippen LogP contribution in [0.15, 0.2) is 52.1 Å². The van der Waals surface area contributed by atoms with E-state index in [1.165, 1.54) is 23.3 Å². The van der Waals surface area contributed by atoms with Gasteiger partial charge in [-0.25, -0.2) is 4.79 Å². The van der Waals surface area contributed by atoms with Gasteiger partial charge in [0.15, 0.2) is 0 Å². The lowest BCUT2D eigenvalue weighted by Crippen LogP contribution is -2.11. The molecule has 0 saturated carbocycles. The molecule has 0 radical (unpaired) electrons. The van der Waals surface area contributed by atoms with E-state index in [9.17, 15) is 4.79 Å². The molecule has 1 N–H and O–H groups in total. The van der Waals surface area contributed by atoms with Crippen molar-refractivity contribution in [3.63, 3.8) is 0 Å². The molecule has 2 aliphatic rings. The third-order valence-corrected chi connectivity index (χ3v) is 10.5. The fourth-order valence-electron chi connectivity index (χ4n) is 6.09. The molecule has 2 aromatic carbocycles. The number of allylic oxidation sites excluding steroid dienone is 2. The lowest BCUT2D eigenvalue weighted by Gasteiger charge is -2.18. The largest absolute Gasteiger partial charge is 0.493 e. The second-order valence-electron chi connectivity index (χ2n) is 11.4. The number of hydrazone groups is 1. The van der Waals surface area contributed by atoms with E-state index < -0.39 is 0 Å². The van der Waals surface area contributed by atoms with E-state index in [0.29, 0.717) is 23.7 Å². The van der Waals surface area contributed by atoms with Crippen LogP contribution in [0.5, 0.6) is 5.75 Å². The first-order chi connectivity index (χ1) is 22.3. The number of rotatable bonds is 1. The van der Waals surface area contributed by atoms with Crippen LogP contribution < -0.4 is 10.2 Å². The Morgan fingerprint density at radius 3 is 2.85 bits per heavy atom. The normalized spacial score (nSPS) is 17.7. The van der Waals surface area contributed by atoms with Crippen LogP contribution >= 0.6 is 35.1 Å². The molecule has 4 aromatic rings. The van der Waals surface area contributed by atoms with Crippen molar-refractivity contribution < 1.29 is 14.3 Å². The van der Waals surface area contributed by atoms with Gasteiger partial charge < -0.3 is 14.0 Å². The number of thioether (sulfide) groups is 2. The zero-order valence-corrected chi connectivity index (χ0v) is 28.9. The highest BCUT2D eigenvalue weighted by atomic mass is 35.5. The minimum absolute atomic E-state index is 0.376. The molecule has 0 amide bonds. The van der Waals surface area contributed by atoms with Crippen LogP contribution in [0.1, 0.15) is 63.9 Å². The molecule has 8 bridgehead atoms. The molecule has 46 heavy (non-hydrogen) atoms. The maximum Gasteiger partial charge on any atom is 0.354 e. The van der Waals surface area contributed by atoms with Gasteiger partial charge >= 0.3 is 5.97 Å². The summed E-state index contributed by atoms with van der Waals surface area (Å²) in [5.41, 5.74) is 11.8. The van der Waals surface area contributed by atoms with Gasteiger partial charge in [-0.2, -0.15) is 10.2 Å². The summed E-state index contributed by atoms with van der Waals surface area (Å²) in [7, 11) is 5.32. The second kappa shape index (κ2) is 14.4. The number of aromatic nitrogens is 3. The third-order valence-electron chi connectivity index (χ3n) is 8.27. The SMILES string of the molecule is COC(=O)c1c2c3ccc(Cl)c(c3n1C)/C=C(\C)N/N=C/CSCc1cc(n(C)n1)CSc1cc3c(c(c1)OCCC2)C=CCC3. The highest BCUT2D eigenvalue weighted by molar-refractivity contribution is 7.99. The van der Waals surface area contributed by atoms with Gasteiger partial charge in [-0.05, 0) is 74.1 Å². The summed E-state index contributed by atoms with van der Waals surface area (Å²) in [5.74, 6) is 2.90. The van der Waals surface area contributed by atoms with Crippen molar-refractivity contribution in [1.82, 2.24) is 19.8 Å². The predicted octanol–water partition coefficient (Wildman–Crippen LogP) is 7.80. The Labute approximate surface area is 283 Å². The molecule has 0 atom stereocenters. The van der Waals surface area contributed by atoms with Crippen molar-refractivity contribution in [1.29, 1.82) is 0 Å². The van der Waals surface area contributed by atoms with Gasteiger partial charge in [0.05, 0.1) is 24.9 Å². The average molecular weight is 676 g/mol. The van der Waals surface area contributed by atoms with Gasteiger partial charge in [0, 0.05) is 75.4 Å². The van der Waals surface area contributed by atoms with Crippen molar-refractivity contribution in [3.8, 4) is 5.75 Å². The van der Waals surface area contributed by atoms with Gasteiger partial charge in [0.1, 0.15) is 11.4 Å². The van der Waals surface area contributed by atoms with Crippen LogP contribution in [-0.2, 0) is 43.2 Å². The number of methoxy groups -OCH3 is 1. The minimum Gasteiger partial charge on any atom is -0.493 e. The monoisotopic (exact) mass is 675 g/mol. The van der Waals surface area contributed by atoms with Crippen LogP contribution in [0.2, 0.25) is 5.02 Å². The number of hydrogen-bond acceptors (Lipinski definition) is 8. The van der Waals surface area contributed by atoms with Gasteiger partial charge in [-0.15, -0.1) is 23.5 Å². The van der Waals surface area contributed by atoms with E-state index in [1.54, 1.807) is 11.8 Å². The molecule has 0 spiro atoms. The molecule has 8 nitrogen and oxygen atoms in total. The molecule has 1 aliphatic carbocycles. The maximum absolute atomic E-state index is 13.1. The van der Waals surface area contributed by atoms with Crippen molar-refractivity contribution in [2.24, 2.45) is 19.2 Å². The highest BCUT2D eigenvalue weighted by Crippen LogP contribution is 2.37. The fraction of sp³-hybridized carbons (Fsp3) is 0.343. The number of halogens is 1. The van der Waals surface area contributed by atoms with Crippen LogP contribution in [0.3, 0.4) is 0 Å². The summed E-state index contributed by atoms with van der Waals surface area (Å²) < 4.78 is 15.6. The smallest absolute Gasteiger partial charge is 0.354 e. The zero-order valence-electron chi connectivity index (χ0n) is 26.6. The van der Waals surface area contributed by atoms with Crippen molar-refractivity contribution >= 4 is 70.4 Å². The van der Waals surface area contributed by atoms with Crippen LogP contribution in [0.25, 0.3) is 23.1 Å². The first-order valence-corrected chi connectivity index (χ1v) is 17.9. The van der Waals surface area contributed by atoms with Gasteiger partial charge in [0.25, 0.3) is 0 Å². The Bertz CT molecular complexity index is 1870. The molecule has 2 aromatic heterocycles. The molecule has 240 valence electrons. The Morgan fingerprint density at radius 1 is 1.13 bits per heavy atom. The molecule has 3 heterocycles. The van der Waals surface area contributed by atoms with E-state index in [4.69, 9.17) is 26.2 Å². The van der Waals surface area contributed by atoms with Gasteiger partial charge in [-0.1, -0.05) is 29.8 Å². The van der Waals surface area contributed by atoms with Crippen molar-refractivity contribution in [2.45, 2.75) is 49.0 Å². The predicted molar refractivity (Wildman–Crippen MR) is 191 cm³/mol. The topological polar surface area (TPSA) is 82.7 Å². The highest BCUT2D eigenvalue weighted by Gasteiger charge is 2.24. The Hall–Kier alpha value is -3.60. The summed E-state index contributed by atoms with van der Waals surface area (Å²) in [6.45, 7) is 2.46. The second-order valence-corrected chi connectivity index (χ2v) is 13.9. The van der Waals surface area contributed by atoms with Crippen LogP contribution in [0.4, 0.5) is 0 Å². The first-order valence-electron chi connectivity index (χ1n) is 15.4.